The molecule has 186 valence electrons. The van der Waals surface area contributed by atoms with Gasteiger partial charge in [0, 0.05) is 24.6 Å². The van der Waals surface area contributed by atoms with Crippen LogP contribution in [0, 0.1) is 12.3 Å². The highest BCUT2D eigenvalue weighted by Gasteiger charge is 2.46. The molecule has 0 radical (unpaired) electrons. The van der Waals surface area contributed by atoms with Crippen molar-refractivity contribution in [3.63, 3.8) is 0 Å². The molecule has 1 aliphatic heterocycles. The van der Waals surface area contributed by atoms with E-state index in [0.29, 0.717) is 17.2 Å². The van der Waals surface area contributed by atoms with E-state index in [1.54, 1.807) is 19.2 Å². The molecular formula is C26H32N4O5. The van der Waals surface area contributed by atoms with Crippen molar-refractivity contribution in [3.8, 4) is 11.3 Å². The van der Waals surface area contributed by atoms with E-state index in [2.05, 4.69) is 15.5 Å². The Hall–Kier alpha value is -3.46. The summed E-state index contributed by atoms with van der Waals surface area (Å²) < 4.78 is 10.8. The molecule has 2 N–H and O–H groups in total. The van der Waals surface area contributed by atoms with Crippen molar-refractivity contribution in [2.24, 2.45) is 5.41 Å². The van der Waals surface area contributed by atoms with Gasteiger partial charge in [0.1, 0.15) is 17.7 Å². The lowest BCUT2D eigenvalue weighted by molar-refractivity contribution is -0.142. The Labute approximate surface area is 204 Å². The number of aromatic nitrogens is 2. The van der Waals surface area contributed by atoms with Crippen LogP contribution >= 0.6 is 0 Å². The van der Waals surface area contributed by atoms with Gasteiger partial charge in [-0.1, -0.05) is 50.2 Å². The third-order valence-electron chi connectivity index (χ3n) is 6.39. The first-order chi connectivity index (χ1) is 16.5. The monoisotopic (exact) mass is 480 g/mol. The molecule has 35 heavy (non-hydrogen) atoms. The summed E-state index contributed by atoms with van der Waals surface area (Å²) in [5.74, 6) is -0.0682. The minimum Gasteiger partial charge on any atom is -0.444 e. The van der Waals surface area contributed by atoms with Crippen molar-refractivity contribution < 1.29 is 23.6 Å². The van der Waals surface area contributed by atoms with Crippen molar-refractivity contribution in [1.82, 2.24) is 20.4 Å². The molecule has 0 unspecified atom stereocenters. The lowest BCUT2D eigenvalue weighted by atomic mass is 9.78. The van der Waals surface area contributed by atoms with Gasteiger partial charge in [0.2, 0.25) is 11.8 Å². The Morgan fingerprint density at radius 3 is 2.51 bits per heavy atom. The van der Waals surface area contributed by atoms with Gasteiger partial charge >= 0.3 is 0 Å². The molecule has 2 amide bonds. The van der Waals surface area contributed by atoms with E-state index in [4.69, 9.17) is 8.94 Å². The number of β-amino-alcohol motifs (C(OH)–C–C–N with tert-alkyl or cyclic N) is 1. The SMILES string of the molecule is Cc1cc([C@H](C(=O)N2C[C@H](O)C[C@H]2C(=O)N[C@@H](C)c2ccc(-c3cnco3)cc2)C(C)(C)C)on1. The summed E-state index contributed by atoms with van der Waals surface area (Å²) in [5.41, 5.74) is 2.00. The Kier molecular flexibility index (Phi) is 6.80. The Balaban J connectivity index is 1.49. The van der Waals surface area contributed by atoms with Gasteiger partial charge in [0.25, 0.3) is 0 Å². The van der Waals surface area contributed by atoms with Crippen molar-refractivity contribution in [2.75, 3.05) is 6.54 Å². The fourth-order valence-corrected chi connectivity index (χ4v) is 4.60. The number of carbonyl (C=O) groups excluding carboxylic acids is 2. The molecule has 0 spiro atoms. The van der Waals surface area contributed by atoms with Gasteiger partial charge in [-0.3, -0.25) is 9.59 Å². The predicted octanol–water partition coefficient (Wildman–Crippen LogP) is 3.61. The molecule has 1 fully saturated rings. The quantitative estimate of drug-likeness (QED) is 0.553. The zero-order chi connectivity index (χ0) is 25.3. The minimum absolute atomic E-state index is 0.0941. The molecule has 9 heteroatoms. The molecular weight excluding hydrogens is 448 g/mol. The number of aryl methyl sites for hydroxylation is 1. The summed E-state index contributed by atoms with van der Waals surface area (Å²) in [6.45, 7) is 9.61. The molecule has 9 nitrogen and oxygen atoms in total. The van der Waals surface area contributed by atoms with E-state index >= 15 is 0 Å². The van der Waals surface area contributed by atoms with Crippen LogP contribution in [0.15, 0.2) is 51.9 Å². The number of nitrogens with one attached hydrogen (secondary N) is 1. The molecule has 4 atom stereocenters. The van der Waals surface area contributed by atoms with Crippen LogP contribution in [0.4, 0.5) is 0 Å². The van der Waals surface area contributed by atoms with Crippen LogP contribution in [0.5, 0.6) is 0 Å². The van der Waals surface area contributed by atoms with E-state index in [-0.39, 0.29) is 30.8 Å². The van der Waals surface area contributed by atoms with Crippen LogP contribution in [-0.4, -0.2) is 50.7 Å². The van der Waals surface area contributed by atoms with Crippen molar-refractivity contribution in [1.29, 1.82) is 0 Å². The Bertz CT molecular complexity index is 1160. The van der Waals surface area contributed by atoms with Crippen LogP contribution in [0.1, 0.15) is 63.1 Å². The molecule has 1 aliphatic rings. The molecule has 4 rings (SSSR count). The molecule has 0 bridgehead atoms. The molecule has 1 aromatic carbocycles. The van der Waals surface area contributed by atoms with Gasteiger partial charge in [-0.15, -0.1) is 0 Å². The highest BCUT2D eigenvalue weighted by molar-refractivity contribution is 5.91. The zero-order valence-electron chi connectivity index (χ0n) is 20.7. The Morgan fingerprint density at radius 1 is 1.23 bits per heavy atom. The van der Waals surface area contributed by atoms with Gasteiger partial charge in [-0.2, -0.15) is 0 Å². The molecule has 0 saturated carbocycles. The summed E-state index contributed by atoms with van der Waals surface area (Å²) in [4.78, 5) is 32.4. The third-order valence-corrected chi connectivity index (χ3v) is 6.39. The van der Waals surface area contributed by atoms with Crippen LogP contribution in [0.2, 0.25) is 0 Å². The standard InChI is InChI=1S/C26H32N4O5/c1-15-10-21(35-29-15)23(26(3,4)5)25(33)30-13-19(31)11-20(30)24(32)28-16(2)17-6-8-18(9-7-17)22-12-27-14-34-22/h6-10,12,14,16,19-20,23,31H,11,13H2,1-5H3,(H,28,32)/t16-,19+,20-,23+/m0/s1. The maximum Gasteiger partial charge on any atom is 0.243 e. The fourth-order valence-electron chi connectivity index (χ4n) is 4.60. The molecule has 3 aromatic rings. The Morgan fingerprint density at radius 2 is 1.94 bits per heavy atom. The van der Waals surface area contributed by atoms with Crippen molar-refractivity contribution in [3.05, 3.63) is 59.9 Å². The van der Waals surface area contributed by atoms with Crippen LogP contribution in [0.25, 0.3) is 11.3 Å². The van der Waals surface area contributed by atoms with Gasteiger partial charge < -0.3 is 24.3 Å². The summed E-state index contributed by atoms with van der Waals surface area (Å²) >= 11 is 0. The number of benzene rings is 1. The number of nitrogens with zero attached hydrogens (tertiary/aromatic N) is 3. The second-order valence-electron chi connectivity index (χ2n) is 10.3. The second kappa shape index (κ2) is 9.65. The lowest BCUT2D eigenvalue weighted by Gasteiger charge is -2.33. The lowest BCUT2D eigenvalue weighted by Crippen LogP contribution is -2.49. The number of aliphatic hydroxyl groups excluding tert-OH is 1. The van der Waals surface area contributed by atoms with Crippen LogP contribution in [-0.2, 0) is 9.59 Å². The zero-order valence-corrected chi connectivity index (χ0v) is 20.7. The maximum atomic E-state index is 13.7. The van der Waals surface area contributed by atoms with E-state index in [9.17, 15) is 14.7 Å². The number of oxazole rings is 1. The number of amides is 2. The molecule has 0 aliphatic carbocycles. The summed E-state index contributed by atoms with van der Waals surface area (Å²) in [6.07, 6.45) is 2.43. The average molecular weight is 481 g/mol. The topological polar surface area (TPSA) is 122 Å². The van der Waals surface area contributed by atoms with Crippen LogP contribution < -0.4 is 5.32 Å². The highest BCUT2D eigenvalue weighted by Crippen LogP contribution is 2.38. The van der Waals surface area contributed by atoms with Gasteiger partial charge in [0.05, 0.1) is 24.0 Å². The number of carbonyl (C=O) groups is 2. The average Bonchev–Trinajstić information content (AvgIpc) is 3.54. The van der Waals surface area contributed by atoms with E-state index in [0.717, 1.165) is 11.1 Å². The highest BCUT2D eigenvalue weighted by atomic mass is 16.5. The second-order valence-corrected chi connectivity index (χ2v) is 10.3. The van der Waals surface area contributed by atoms with Crippen molar-refractivity contribution >= 4 is 11.8 Å². The third kappa shape index (κ3) is 5.30. The largest absolute Gasteiger partial charge is 0.444 e. The minimum atomic E-state index is -0.776. The number of aliphatic hydroxyl groups is 1. The summed E-state index contributed by atoms with van der Waals surface area (Å²) in [7, 11) is 0. The first kappa shape index (κ1) is 24.7. The van der Waals surface area contributed by atoms with Crippen molar-refractivity contribution in [2.45, 2.75) is 65.1 Å². The van der Waals surface area contributed by atoms with Gasteiger partial charge in [-0.25, -0.2) is 4.98 Å². The number of hydrogen-bond acceptors (Lipinski definition) is 7. The molecule has 2 aromatic heterocycles. The van der Waals surface area contributed by atoms with E-state index < -0.39 is 23.5 Å². The maximum absolute atomic E-state index is 13.7. The number of likely N-dealkylation sites (tertiary alicyclic amines) is 1. The van der Waals surface area contributed by atoms with E-state index in [1.807, 2.05) is 52.0 Å². The van der Waals surface area contributed by atoms with Gasteiger partial charge in [0.15, 0.2) is 12.2 Å². The van der Waals surface area contributed by atoms with Crippen LogP contribution in [0.3, 0.4) is 0 Å². The number of hydrogen-bond donors (Lipinski definition) is 2. The summed E-state index contributed by atoms with van der Waals surface area (Å²) in [6, 6.07) is 8.31. The smallest absolute Gasteiger partial charge is 0.243 e. The first-order valence-electron chi connectivity index (χ1n) is 11.8. The fraction of sp³-hybridized carbons (Fsp3) is 0.462. The number of rotatable bonds is 6. The molecule has 1 saturated heterocycles. The van der Waals surface area contributed by atoms with Gasteiger partial charge in [-0.05, 0) is 24.8 Å². The molecule has 3 heterocycles. The predicted molar refractivity (Wildman–Crippen MR) is 128 cm³/mol. The normalized spacial score (nSPS) is 20.0. The first-order valence-corrected chi connectivity index (χ1v) is 11.8. The summed E-state index contributed by atoms with van der Waals surface area (Å²) in [5, 5.41) is 17.3. The van der Waals surface area contributed by atoms with E-state index in [1.165, 1.54) is 11.3 Å².